The number of carbonyl (C=O) groups excluding carboxylic acids is 1. The van der Waals surface area contributed by atoms with Crippen molar-refractivity contribution in [1.82, 2.24) is 14.9 Å². The lowest BCUT2D eigenvalue weighted by Crippen LogP contribution is -2.31. The van der Waals surface area contributed by atoms with Crippen molar-refractivity contribution in [2.75, 3.05) is 7.05 Å². The van der Waals surface area contributed by atoms with Crippen LogP contribution in [0.3, 0.4) is 0 Å². The maximum absolute atomic E-state index is 13.2. The number of unbranched alkanes of at least 4 members (excludes halogenated alkanes) is 1. The lowest BCUT2D eigenvalue weighted by Gasteiger charge is -2.28. The summed E-state index contributed by atoms with van der Waals surface area (Å²) in [5.41, 5.74) is 5.91. The minimum atomic E-state index is 0.0227. The lowest BCUT2D eigenvalue weighted by atomic mass is 10.00. The number of rotatable bonds is 7. The van der Waals surface area contributed by atoms with Gasteiger partial charge in [0.25, 0.3) is 5.91 Å². The van der Waals surface area contributed by atoms with Crippen LogP contribution in [0, 0.1) is 13.8 Å². The Hall–Kier alpha value is -3.01. The fourth-order valence-electron chi connectivity index (χ4n) is 3.47. The third-order valence-corrected chi connectivity index (χ3v) is 5.47. The van der Waals surface area contributed by atoms with Crippen molar-refractivity contribution in [3.63, 3.8) is 0 Å². The first kappa shape index (κ1) is 20.7. The van der Waals surface area contributed by atoms with Crippen molar-refractivity contribution in [2.45, 2.75) is 46.1 Å². The van der Waals surface area contributed by atoms with Gasteiger partial charge in [0.15, 0.2) is 0 Å². The van der Waals surface area contributed by atoms with Crippen LogP contribution in [0.5, 0.6) is 0 Å². The summed E-state index contributed by atoms with van der Waals surface area (Å²) in [6.45, 7) is 6.24. The molecule has 3 aromatic rings. The summed E-state index contributed by atoms with van der Waals surface area (Å²) in [4.78, 5) is 23.9. The first-order valence-electron chi connectivity index (χ1n) is 10.2. The van der Waals surface area contributed by atoms with E-state index in [2.05, 4.69) is 29.9 Å². The van der Waals surface area contributed by atoms with Gasteiger partial charge in [-0.3, -0.25) is 14.8 Å². The van der Waals surface area contributed by atoms with E-state index in [1.165, 1.54) is 5.56 Å². The number of pyridine rings is 2. The molecule has 2 aromatic heterocycles. The maximum Gasteiger partial charge on any atom is 0.254 e. The summed E-state index contributed by atoms with van der Waals surface area (Å²) in [6.07, 6.45) is 6.71. The molecule has 1 aromatic carbocycles. The molecule has 0 saturated carbocycles. The first-order valence-corrected chi connectivity index (χ1v) is 10.2. The molecule has 0 fully saturated rings. The summed E-state index contributed by atoms with van der Waals surface area (Å²) in [7, 11) is 1.88. The third-order valence-electron chi connectivity index (χ3n) is 5.47. The normalized spacial score (nSPS) is 11.9. The molecule has 1 atom stereocenters. The van der Waals surface area contributed by atoms with Crippen LogP contribution < -0.4 is 0 Å². The van der Waals surface area contributed by atoms with Gasteiger partial charge < -0.3 is 4.90 Å². The largest absolute Gasteiger partial charge is 0.335 e. The second-order valence-electron chi connectivity index (χ2n) is 7.54. The van der Waals surface area contributed by atoms with E-state index in [0.29, 0.717) is 5.56 Å². The van der Waals surface area contributed by atoms with Crippen molar-refractivity contribution < 1.29 is 4.79 Å². The highest BCUT2D eigenvalue weighted by molar-refractivity contribution is 5.94. The molecule has 150 valence electrons. The quantitative estimate of drug-likeness (QED) is 0.517. The summed E-state index contributed by atoms with van der Waals surface area (Å²) in [6, 6.07) is 15.8. The molecule has 0 radical (unpaired) electrons. The number of nitrogens with zero attached hydrogens (tertiary/aromatic N) is 3. The number of amides is 1. The predicted octanol–water partition coefficient (Wildman–Crippen LogP) is 5.76. The minimum absolute atomic E-state index is 0.0227. The Kier molecular flexibility index (Phi) is 6.76. The Labute approximate surface area is 173 Å². The zero-order valence-corrected chi connectivity index (χ0v) is 17.7. The molecule has 0 saturated heterocycles. The monoisotopic (exact) mass is 387 g/mol. The van der Waals surface area contributed by atoms with Crippen molar-refractivity contribution in [3.8, 4) is 11.3 Å². The van der Waals surface area contributed by atoms with Gasteiger partial charge in [0.05, 0.1) is 11.7 Å². The molecule has 0 bridgehead atoms. The number of hydrogen-bond donors (Lipinski definition) is 0. The Morgan fingerprint density at radius 3 is 2.45 bits per heavy atom. The van der Waals surface area contributed by atoms with Crippen LogP contribution in [0.4, 0.5) is 0 Å². The van der Waals surface area contributed by atoms with Crippen LogP contribution >= 0.6 is 0 Å². The van der Waals surface area contributed by atoms with Crippen LogP contribution in [-0.4, -0.2) is 27.8 Å². The zero-order chi connectivity index (χ0) is 20.8. The SMILES string of the molecule is CCCCC(c1cccnc1)N(C)C(=O)c1ccc(-c2ccc(C)c(C)n2)cc1. The molecule has 29 heavy (non-hydrogen) atoms. The van der Waals surface area contributed by atoms with E-state index in [9.17, 15) is 4.79 Å². The maximum atomic E-state index is 13.2. The number of hydrogen-bond acceptors (Lipinski definition) is 3. The summed E-state index contributed by atoms with van der Waals surface area (Å²) < 4.78 is 0. The second kappa shape index (κ2) is 9.46. The van der Waals surface area contributed by atoms with E-state index in [-0.39, 0.29) is 11.9 Å². The van der Waals surface area contributed by atoms with Gasteiger partial charge in [-0.15, -0.1) is 0 Å². The topological polar surface area (TPSA) is 46.1 Å². The molecule has 4 heteroatoms. The zero-order valence-electron chi connectivity index (χ0n) is 17.7. The number of carbonyl (C=O) groups is 1. The van der Waals surface area contributed by atoms with E-state index >= 15 is 0 Å². The van der Waals surface area contributed by atoms with E-state index in [1.54, 1.807) is 6.20 Å². The highest BCUT2D eigenvalue weighted by Crippen LogP contribution is 2.27. The fourth-order valence-corrected chi connectivity index (χ4v) is 3.47. The fraction of sp³-hybridized carbons (Fsp3) is 0.320. The average molecular weight is 388 g/mol. The molecule has 1 unspecified atom stereocenters. The molecule has 0 aliphatic rings. The molecule has 2 heterocycles. The standard InChI is InChI=1S/C25H29N3O/c1-5-6-9-24(22-8-7-16-26-17-22)28(4)25(29)21-13-11-20(12-14-21)23-15-10-18(2)19(3)27-23/h7-8,10-17,24H,5-6,9H2,1-4H3. The van der Waals surface area contributed by atoms with Crippen molar-refractivity contribution >= 4 is 5.91 Å². The summed E-state index contributed by atoms with van der Waals surface area (Å²) in [5.74, 6) is 0.0227. The van der Waals surface area contributed by atoms with E-state index in [0.717, 1.165) is 41.8 Å². The first-order chi connectivity index (χ1) is 14.0. The Morgan fingerprint density at radius 1 is 1.07 bits per heavy atom. The van der Waals surface area contributed by atoms with Crippen LogP contribution in [-0.2, 0) is 0 Å². The second-order valence-corrected chi connectivity index (χ2v) is 7.54. The van der Waals surface area contributed by atoms with E-state index < -0.39 is 0 Å². The van der Waals surface area contributed by atoms with Crippen LogP contribution in [0.15, 0.2) is 60.9 Å². The third kappa shape index (κ3) is 4.89. The van der Waals surface area contributed by atoms with Gasteiger partial charge in [-0.05, 0) is 55.7 Å². The Balaban J connectivity index is 1.81. The molecule has 3 rings (SSSR count). The van der Waals surface area contributed by atoms with E-state index in [4.69, 9.17) is 0 Å². The van der Waals surface area contributed by atoms with Gasteiger partial charge in [0.2, 0.25) is 0 Å². The van der Waals surface area contributed by atoms with Gasteiger partial charge in [0, 0.05) is 36.3 Å². The van der Waals surface area contributed by atoms with Crippen molar-refractivity contribution in [2.24, 2.45) is 0 Å². The highest BCUT2D eigenvalue weighted by Gasteiger charge is 2.22. The van der Waals surface area contributed by atoms with Crippen LogP contribution in [0.2, 0.25) is 0 Å². The smallest absolute Gasteiger partial charge is 0.254 e. The van der Waals surface area contributed by atoms with Crippen molar-refractivity contribution in [3.05, 3.63) is 83.3 Å². The molecular formula is C25H29N3O. The number of benzene rings is 1. The highest BCUT2D eigenvalue weighted by atomic mass is 16.2. The Bertz CT molecular complexity index is 952. The number of aromatic nitrogens is 2. The van der Waals surface area contributed by atoms with Gasteiger partial charge in [0.1, 0.15) is 0 Å². The predicted molar refractivity (Wildman–Crippen MR) is 118 cm³/mol. The molecule has 0 aliphatic heterocycles. The molecule has 0 N–H and O–H groups in total. The van der Waals surface area contributed by atoms with Crippen molar-refractivity contribution in [1.29, 1.82) is 0 Å². The summed E-state index contributed by atoms with van der Waals surface area (Å²) in [5, 5.41) is 0. The van der Waals surface area contributed by atoms with Gasteiger partial charge in [-0.1, -0.05) is 44.0 Å². The molecule has 4 nitrogen and oxygen atoms in total. The molecular weight excluding hydrogens is 358 g/mol. The van der Waals surface area contributed by atoms with Gasteiger partial charge in [-0.25, -0.2) is 0 Å². The molecule has 0 spiro atoms. The van der Waals surface area contributed by atoms with E-state index in [1.807, 2.05) is 67.5 Å². The van der Waals surface area contributed by atoms with Crippen LogP contribution in [0.1, 0.15) is 59.4 Å². The molecule has 1 amide bonds. The molecule has 0 aliphatic carbocycles. The van der Waals surface area contributed by atoms with Gasteiger partial charge in [-0.2, -0.15) is 0 Å². The lowest BCUT2D eigenvalue weighted by molar-refractivity contribution is 0.0720. The number of aryl methyl sites for hydroxylation is 2. The van der Waals surface area contributed by atoms with Gasteiger partial charge >= 0.3 is 0 Å². The van der Waals surface area contributed by atoms with Crippen LogP contribution in [0.25, 0.3) is 11.3 Å². The Morgan fingerprint density at radius 2 is 1.83 bits per heavy atom. The summed E-state index contributed by atoms with van der Waals surface area (Å²) >= 11 is 0. The average Bonchev–Trinajstić information content (AvgIpc) is 2.76. The minimum Gasteiger partial charge on any atom is -0.335 e.